The van der Waals surface area contributed by atoms with Crippen LogP contribution in [0.5, 0.6) is 0 Å². The number of hydrogen-bond acceptors (Lipinski definition) is 4. The van der Waals surface area contributed by atoms with Gasteiger partial charge in [0.15, 0.2) is 0 Å². The molecule has 0 saturated heterocycles. The predicted octanol–water partition coefficient (Wildman–Crippen LogP) is 4.82. The van der Waals surface area contributed by atoms with E-state index in [1.165, 1.54) is 12.8 Å². The zero-order valence-electron chi connectivity index (χ0n) is 16.1. The Balaban J connectivity index is 4.83. The highest BCUT2D eigenvalue weighted by Gasteiger charge is 2.47. The Morgan fingerprint density at radius 3 is 1.39 bits per heavy atom. The van der Waals surface area contributed by atoms with Crippen LogP contribution in [0.25, 0.3) is 0 Å². The fourth-order valence-corrected chi connectivity index (χ4v) is 5.05. The summed E-state index contributed by atoms with van der Waals surface area (Å²) in [5.74, 6) is 0. The lowest BCUT2D eigenvalue weighted by molar-refractivity contribution is 0.0467. The first kappa shape index (κ1) is 23.1. The number of rotatable bonds is 17. The summed E-state index contributed by atoms with van der Waals surface area (Å²) in [6, 6.07) is 0. The molecule has 1 atom stereocenters. The highest BCUT2D eigenvalue weighted by molar-refractivity contribution is 6.62. The molecule has 0 aliphatic rings. The lowest BCUT2D eigenvalue weighted by atomic mass is 10.2. The van der Waals surface area contributed by atoms with Crippen molar-refractivity contribution >= 4 is 8.80 Å². The molecule has 0 heterocycles. The fourth-order valence-electron chi connectivity index (χ4n) is 2.31. The Bertz CT molecular complexity index is 228. The second kappa shape index (κ2) is 15.6. The summed E-state index contributed by atoms with van der Waals surface area (Å²) in [5.41, 5.74) is 6.43. The third-order valence-corrected chi connectivity index (χ3v) is 6.99. The second-order valence-electron chi connectivity index (χ2n) is 6.31. The van der Waals surface area contributed by atoms with Gasteiger partial charge in [0.05, 0.1) is 5.67 Å². The van der Waals surface area contributed by atoms with Crippen molar-refractivity contribution in [2.45, 2.75) is 97.6 Å². The van der Waals surface area contributed by atoms with Gasteiger partial charge in [-0.1, -0.05) is 66.2 Å². The maximum absolute atomic E-state index is 6.53. The molecule has 140 valence electrons. The average Bonchev–Trinajstić information content (AvgIpc) is 2.55. The Kier molecular flexibility index (Phi) is 15.6. The smallest absolute Gasteiger partial charge is 0.373 e. The first-order chi connectivity index (χ1) is 11.2. The van der Waals surface area contributed by atoms with Crippen LogP contribution in [0.2, 0.25) is 0 Å². The van der Waals surface area contributed by atoms with Crippen molar-refractivity contribution in [2.75, 3.05) is 19.8 Å². The highest BCUT2D eigenvalue weighted by Crippen LogP contribution is 2.20. The van der Waals surface area contributed by atoms with Crippen LogP contribution in [0.1, 0.15) is 91.9 Å². The SMILES string of the molecule is CCCCCC(N)[Si](OCCCC)(OCCCC)OCCCC. The highest BCUT2D eigenvalue weighted by atomic mass is 28.4. The number of unbranched alkanes of at least 4 members (excludes halogenated alkanes) is 5. The summed E-state index contributed by atoms with van der Waals surface area (Å²) in [6.07, 6.45) is 10.9. The van der Waals surface area contributed by atoms with Gasteiger partial charge in [0, 0.05) is 19.8 Å². The summed E-state index contributed by atoms with van der Waals surface area (Å²) in [4.78, 5) is 0. The maximum atomic E-state index is 6.53. The van der Waals surface area contributed by atoms with Crippen LogP contribution in [0.15, 0.2) is 0 Å². The van der Waals surface area contributed by atoms with Gasteiger partial charge in [-0.2, -0.15) is 0 Å². The predicted molar refractivity (Wildman–Crippen MR) is 100 cm³/mol. The van der Waals surface area contributed by atoms with Gasteiger partial charge < -0.3 is 19.0 Å². The summed E-state index contributed by atoms with van der Waals surface area (Å²) >= 11 is 0. The van der Waals surface area contributed by atoms with Crippen molar-refractivity contribution < 1.29 is 13.3 Å². The third-order valence-electron chi connectivity index (χ3n) is 3.98. The minimum atomic E-state index is -2.78. The van der Waals surface area contributed by atoms with Gasteiger partial charge in [-0.3, -0.25) is 0 Å². The van der Waals surface area contributed by atoms with Crippen molar-refractivity contribution in [3.05, 3.63) is 0 Å². The Morgan fingerprint density at radius 2 is 1.04 bits per heavy atom. The Hall–Kier alpha value is 0.0569. The first-order valence-electron chi connectivity index (χ1n) is 9.84. The standard InChI is InChI=1S/C18H41NO3Si/c1-5-9-13-14-18(19)23(20-15-10-6-2,21-16-11-7-3)22-17-12-8-4/h18H,5-17,19H2,1-4H3. The molecule has 0 saturated carbocycles. The van der Waals surface area contributed by atoms with E-state index in [1.54, 1.807) is 0 Å². The second-order valence-corrected chi connectivity index (χ2v) is 9.13. The van der Waals surface area contributed by atoms with Gasteiger partial charge in [0.2, 0.25) is 0 Å². The van der Waals surface area contributed by atoms with Crippen LogP contribution >= 0.6 is 0 Å². The number of nitrogens with two attached hydrogens (primary N) is 1. The molecule has 0 amide bonds. The molecule has 4 nitrogen and oxygen atoms in total. The molecular weight excluding hydrogens is 306 g/mol. The summed E-state index contributed by atoms with van der Waals surface area (Å²) in [6.45, 7) is 10.8. The molecule has 0 aromatic heterocycles. The van der Waals surface area contributed by atoms with Gasteiger partial charge in [0.25, 0.3) is 0 Å². The molecule has 2 N–H and O–H groups in total. The molecule has 0 radical (unpaired) electrons. The Morgan fingerprint density at radius 1 is 0.652 bits per heavy atom. The van der Waals surface area contributed by atoms with E-state index in [2.05, 4.69) is 27.7 Å². The minimum absolute atomic E-state index is 0.0976. The van der Waals surface area contributed by atoms with Gasteiger partial charge in [-0.25, -0.2) is 0 Å². The van der Waals surface area contributed by atoms with E-state index in [1.807, 2.05) is 0 Å². The van der Waals surface area contributed by atoms with E-state index in [4.69, 9.17) is 19.0 Å². The molecule has 0 bridgehead atoms. The largest absolute Gasteiger partial charge is 0.518 e. The van der Waals surface area contributed by atoms with Gasteiger partial charge in [0.1, 0.15) is 0 Å². The van der Waals surface area contributed by atoms with Crippen LogP contribution in [-0.4, -0.2) is 34.3 Å². The van der Waals surface area contributed by atoms with E-state index < -0.39 is 8.80 Å². The quantitative estimate of drug-likeness (QED) is 0.303. The summed E-state index contributed by atoms with van der Waals surface area (Å²) in [7, 11) is -2.78. The summed E-state index contributed by atoms with van der Waals surface area (Å²) in [5, 5.41) is 0. The van der Waals surface area contributed by atoms with Gasteiger partial charge >= 0.3 is 8.80 Å². The van der Waals surface area contributed by atoms with Crippen molar-refractivity contribution in [1.29, 1.82) is 0 Å². The molecule has 0 rings (SSSR count). The molecule has 1 unspecified atom stereocenters. The minimum Gasteiger partial charge on any atom is -0.373 e. The van der Waals surface area contributed by atoms with Gasteiger partial charge in [-0.05, 0) is 25.7 Å². The summed E-state index contributed by atoms with van der Waals surface area (Å²) < 4.78 is 18.7. The van der Waals surface area contributed by atoms with Crippen molar-refractivity contribution in [3.63, 3.8) is 0 Å². The van der Waals surface area contributed by atoms with Crippen LogP contribution in [-0.2, 0) is 13.3 Å². The molecule has 0 spiro atoms. The average molecular weight is 348 g/mol. The fraction of sp³-hybridized carbons (Fsp3) is 1.00. The van der Waals surface area contributed by atoms with Crippen LogP contribution in [0.3, 0.4) is 0 Å². The lowest BCUT2D eigenvalue weighted by Gasteiger charge is -2.34. The third kappa shape index (κ3) is 10.5. The molecule has 0 aliphatic carbocycles. The molecule has 0 aromatic carbocycles. The monoisotopic (exact) mass is 347 g/mol. The first-order valence-corrected chi connectivity index (χ1v) is 11.6. The van der Waals surface area contributed by atoms with Crippen molar-refractivity contribution in [2.24, 2.45) is 5.73 Å². The van der Waals surface area contributed by atoms with E-state index in [0.717, 1.165) is 51.4 Å². The van der Waals surface area contributed by atoms with Crippen LogP contribution in [0.4, 0.5) is 0 Å². The molecular formula is C18H41NO3Si. The Labute approximate surface area is 145 Å². The normalized spacial score (nSPS) is 13.4. The molecule has 23 heavy (non-hydrogen) atoms. The maximum Gasteiger partial charge on any atom is 0.518 e. The molecule has 0 fully saturated rings. The molecule has 0 aliphatic heterocycles. The van der Waals surface area contributed by atoms with Crippen molar-refractivity contribution in [3.8, 4) is 0 Å². The zero-order valence-corrected chi connectivity index (χ0v) is 17.1. The van der Waals surface area contributed by atoms with E-state index in [0.29, 0.717) is 19.8 Å². The van der Waals surface area contributed by atoms with E-state index >= 15 is 0 Å². The molecule has 0 aromatic rings. The molecule has 5 heteroatoms. The van der Waals surface area contributed by atoms with Crippen molar-refractivity contribution in [1.82, 2.24) is 0 Å². The van der Waals surface area contributed by atoms with E-state index in [9.17, 15) is 0 Å². The van der Waals surface area contributed by atoms with Crippen LogP contribution < -0.4 is 5.73 Å². The zero-order chi connectivity index (χ0) is 17.4. The topological polar surface area (TPSA) is 53.7 Å². The number of hydrogen-bond donors (Lipinski definition) is 1. The lowest BCUT2D eigenvalue weighted by Crippen LogP contribution is -2.60. The van der Waals surface area contributed by atoms with Gasteiger partial charge in [-0.15, -0.1) is 0 Å². The van der Waals surface area contributed by atoms with E-state index in [-0.39, 0.29) is 5.67 Å². The van der Waals surface area contributed by atoms with Crippen LogP contribution in [0, 0.1) is 0 Å².